The lowest BCUT2D eigenvalue weighted by atomic mass is 10.2. The fourth-order valence-electron chi connectivity index (χ4n) is 1.66. The van der Waals surface area contributed by atoms with E-state index in [0.717, 1.165) is 16.9 Å². The summed E-state index contributed by atoms with van der Waals surface area (Å²) in [5.74, 6) is 0.734. The van der Waals surface area contributed by atoms with E-state index in [-0.39, 0.29) is 6.61 Å². The molecule has 18 heavy (non-hydrogen) atoms. The summed E-state index contributed by atoms with van der Waals surface area (Å²) < 4.78 is 5.60. The summed E-state index contributed by atoms with van der Waals surface area (Å²) in [7, 11) is 0. The Bertz CT molecular complexity index is 504. The minimum absolute atomic E-state index is 0.00142. The van der Waals surface area contributed by atoms with Crippen LogP contribution >= 0.6 is 0 Å². The van der Waals surface area contributed by atoms with Crippen molar-refractivity contribution in [1.82, 2.24) is 0 Å². The second-order valence-corrected chi connectivity index (χ2v) is 3.89. The fraction of sp³-hybridized carbons (Fsp3) is 0.125. The van der Waals surface area contributed by atoms with Crippen molar-refractivity contribution in [3.63, 3.8) is 0 Å². The van der Waals surface area contributed by atoms with Crippen molar-refractivity contribution in [1.29, 1.82) is 0 Å². The molecule has 2 aromatic rings. The molecule has 0 saturated heterocycles. The maximum absolute atomic E-state index is 9.15. The summed E-state index contributed by atoms with van der Waals surface area (Å²) in [5.41, 5.74) is 1.96. The fourth-order valence-corrected chi connectivity index (χ4v) is 1.66. The van der Waals surface area contributed by atoms with Gasteiger partial charge in [-0.25, -0.2) is 0 Å². The van der Waals surface area contributed by atoms with Gasteiger partial charge in [0.2, 0.25) is 0 Å². The molecule has 0 unspecified atom stereocenters. The molecular formula is C16H16O2. The highest BCUT2D eigenvalue weighted by molar-refractivity contribution is 5.48. The molecular weight excluding hydrogens is 224 g/mol. The standard InChI is InChI=1S/C16H16O2/c17-13-15-10-4-5-11-16(15)18-12-6-9-14-7-2-1-3-8-14/h1-11,17H,12-13H2/b9-6+. The lowest BCUT2D eigenvalue weighted by molar-refractivity contribution is 0.270. The third-order valence-electron chi connectivity index (χ3n) is 2.59. The summed E-state index contributed by atoms with van der Waals surface area (Å²) >= 11 is 0. The summed E-state index contributed by atoms with van der Waals surface area (Å²) in [6.45, 7) is 0.491. The number of ether oxygens (including phenoxy) is 1. The molecule has 0 heterocycles. The SMILES string of the molecule is OCc1ccccc1OC/C=C/c1ccccc1. The second kappa shape index (κ2) is 6.62. The minimum atomic E-state index is -0.00142. The van der Waals surface area contributed by atoms with Crippen molar-refractivity contribution in [2.24, 2.45) is 0 Å². The monoisotopic (exact) mass is 240 g/mol. The maximum atomic E-state index is 9.15. The smallest absolute Gasteiger partial charge is 0.125 e. The minimum Gasteiger partial charge on any atom is -0.489 e. The Labute approximate surface area is 107 Å². The normalized spacial score (nSPS) is 10.7. The van der Waals surface area contributed by atoms with Crippen LogP contribution in [-0.4, -0.2) is 11.7 Å². The lowest BCUT2D eigenvalue weighted by Crippen LogP contribution is -1.97. The molecule has 2 rings (SSSR count). The number of aliphatic hydroxyl groups is 1. The van der Waals surface area contributed by atoms with Gasteiger partial charge in [0, 0.05) is 5.56 Å². The first-order chi connectivity index (χ1) is 8.90. The van der Waals surface area contributed by atoms with E-state index in [1.165, 1.54) is 0 Å². The van der Waals surface area contributed by atoms with Gasteiger partial charge in [-0.05, 0) is 17.7 Å². The van der Waals surface area contributed by atoms with Crippen LogP contribution in [0.25, 0.3) is 6.08 Å². The van der Waals surface area contributed by atoms with E-state index in [0.29, 0.717) is 6.61 Å². The molecule has 0 aliphatic heterocycles. The molecule has 2 nitrogen and oxygen atoms in total. The zero-order valence-corrected chi connectivity index (χ0v) is 10.1. The van der Waals surface area contributed by atoms with Gasteiger partial charge in [0.1, 0.15) is 12.4 Å². The predicted octanol–water partition coefficient (Wildman–Crippen LogP) is 3.27. The molecule has 0 saturated carbocycles. The first-order valence-corrected chi connectivity index (χ1v) is 5.93. The predicted molar refractivity (Wildman–Crippen MR) is 73.3 cm³/mol. The quantitative estimate of drug-likeness (QED) is 0.869. The average Bonchev–Trinajstić information content (AvgIpc) is 2.45. The average molecular weight is 240 g/mol. The number of hydrogen-bond acceptors (Lipinski definition) is 2. The van der Waals surface area contributed by atoms with Gasteiger partial charge in [-0.1, -0.05) is 54.6 Å². The van der Waals surface area contributed by atoms with Crippen LogP contribution in [0.3, 0.4) is 0 Å². The van der Waals surface area contributed by atoms with E-state index >= 15 is 0 Å². The molecule has 0 spiro atoms. The zero-order valence-electron chi connectivity index (χ0n) is 10.1. The van der Waals surface area contributed by atoms with E-state index < -0.39 is 0 Å². The number of aliphatic hydroxyl groups excluding tert-OH is 1. The molecule has 0 bridgehead atoms. The summed E-state index contributed by atoms with van der Waals surface area (Å²) in [5, 5.41) is 9.15. The van der Waals surface area contributed by atoms with Crippen LogP contribution in [0.15, 0.2) is 60.7 Å². The molecule has 92 valence electrons. The second-order valence-electron chi connectivity index (χ2n) is 3.89. The lowest BCUT2D eigenvalue weighted by Gasteiger charge is -2.07. The Morgan fingerprint density at radius 3 is 2.44 bits per heavy atom. The van der Waals surface area contributed by atoms with Gasteiger partial charge in [0.25, 0.3) is 0 Å². The molecule has 0 atom stereocenters. The molecule has 0 aromatic heterocycles. The van der Waals surface area contributed by atoms with Gasteiger partial charge in [-0.2, -0.15) is 0 Å². The van der Waals surface area contributed by atoms with Crippen LogP contribution in [0.1, 0.15) is 11.1 Å². The van der Waals surface area contributed by atoms with E-state index in [4.69, 9.17) is 9.84 Å². The van der Waals surface area contributed by atoms with Crippen molar-refractivity contribution in [3.05, 3.63) is 71.8 Å². The Kier molecular flexibility index (Phi) is 4.56. The highest BCUT2D eigenvalue weighted by Gasteiger charge is 1.99. The van der Waals surface area contributed by atoms with Gasteiger partial charge in [-0.3, -0.25) is 0 Å². The van der Waals surface area contributed by atoms with Crippen molar-refractivity contribution in [2.45, 2.75) is 6.61 Å². The Morgan fingerprint density at radius 1 is 0.944 bits per heavy atom. The molecule has 2 heteroatoms. The summed E-state index contributed by atoms with van der Waals surface area (Å²) in [6.07, 6.45) is 3.98. The molecule has 0 amide bonds. The summed E-state index contributed by atoms with van der Waals surface area (Å²) in [4.78, 5) is 0. The Hall–Kier alpha value is -2.06. The highest BCUT2D eigenvalue weighted by atomic mass is 16.5. The molecule has 0 aliphatic rings. The number of rotatable bonds is 5. The number of benzene rings is 2. The zero-order chi connectivity index (χ0) is 12.6. The third-order valence-corrected chi connectivity index (χ3v) is 2.59. The van der Waals surface area contributed by atoms with Crippen molar-refractivity contribution in [2.75, 3.05) is 6.61 Å². The molecule has 0 fully saturated rings. The van der Waals surface area contributed by atoms with Crippen molar-refractivity contribution >= 4 is 6.08 Å². The summed E-state index contributed by atoms with van der Waals surface area (Å²) in [6, 6.07) is 17.6. The van der Waals surface area contributed by atoms with E-state index in [2.05, 4.69) is 0 Å². The van der Waals surface area contributed by atoms with Gasteiger partial charge < -0.3 is 9.84 Å². The van der Waals surface area contributed by atoms with Crippen LogP contribution < -0.4 is 4.74 Å². The van der Waals surface area contributed by atoms with Crippen LogP contribution in [0.4, 0.5) is 0 Å². The maximum Gasteiger partial charge on any atom is 0.125 e. The van der Waals surface area contributed by atoms with Crippen LogP contribution in [0.5, 0.6) is 5.75 Å². The Morgan fingerprint density at radius 2 is 1.67 bits per heavy atom. The number of para-hydroxylation sites is 1. The van der Waals surface area contributed by atoms with E-state index in [9.17, 15) is 0 Å². The highest BCUT2D eigenvalue weighted by Crippen LogP contribution is 2.17. The van der Waals surface area contributed by atoms with E-state index in [1.807, 2.05) is 66.7 Å². The van der Waals surface area contributed by atoms with Crippen molar-refractivity contribution in [3.8, 4) is 5.75 Å². The third kappa shape index (κ3) is 3.47. The molecule has 1 N–H and O–H groups in total. The first kappa shape index (κ1) is 12.4. The van der Waals surface area contributed by atoms with Gasteiger partial charge in [0.05, 0.1) is 6.61 Å². The molecule has 0 aliphatic carbocycles. The first-order valence-electron chi connectivity index (χ1n) is 5.93. The van der Waals surface area contributed by atoms with E-state index in [1.54, 1.807) is 0 Å². The molecule has 0 radical (unpaired) electrons. The van der Waals surface area contributed by atoms with Crippen LogP contribution in [0, 0.1) is 0 Å². The van der Waals surface area contributed by atoms with Gasteiger partial charge >= 0.3 is 0 Å². The van der Waals surface area contributed by atoms with Gasteiger partial charge in [-0.15, -0.1) is 0 Å². The molecule has 2 aromatic carbocycles. The largest absolute Gasteiger partial charge is 0.489 e. The Balaban J connectivity index is 1.91. The van der Waals surface area contributed by atoms with Crippen LogP contribution in [0.2, 0.25) is 0 Å². The topological polar surface area (TPSA) is 29.5 Å². The van der Waals surface area contributed by atoms with Gasteiger partial charge in [0.15, 0.2) is 0 Å². The number of hydrogen-bond donors (Lipinski definition) is 1. The van der Waals surface area contributed by atoms with Crippen molar-refractivity contribution < 1.29 is 9.84 Å². The van der Waals surface area contributed by atoms with Crippen LogP contribution in [-0.2, 0) is 6.61 Å².